The smallest absolute Gasteiger partial charge is 0.255 e. The number of amides is 2. The van der Waals surface area contributed by atoms with E-state index in [2.05, 4.69) is 10.2 Å². The monoisotopic (exact) mass is 418 g/mol. The number of nitroso groups, excluding NO2 is 1. The third-order valence-corrected chi connectivity index (χ3v) is 5.83. The molecule has 154 valence electrons. The molecular weight excluding hydrogens is 396 g/mol. The van der Waals surface area contributed by atoms with E-state index in [1.54, 1.807) is 22.7 Å². The van der Waals surface area contributed by atoms with Crippen LogP contribution in [0, 0.1) is 4.91 Å². The van der Waals surface area contributed by atoms with Gasteiger partial charge in [0.15, 0.2) is 0 Å². The van der Waals surface area contributed by atoms with Gasteiger partial charge in [-0.2, -0.15) is 11.8 Å². The second-order valence-corrected chi connectivity index (χ2v) is 7.69. The number of primary amides is 1. The summed E-state index contributed by atoms with van der Waals surface area (Å²) in [6, 6.07) is 4.22. The fraction of sp³-hybridized carbons (Fsp3) is 0.421. The maximum atomic E-state index is 13.1. The zero-order valence-electron chi connectivity index (χ0n) is 15.7. The standard InChI is InChI=1S/C19H22N4O5S/c20-18(25)17-14(22-27)4-1-5-16(17)28-10-12-11-29-8-7-23(12)19(26)13-3-2-6-21-15(13)9-24/h1,3-5,12,24H,2,6-11H2,(H2,20,25)/t12-/m1/s1. The number of carbonyl (C=O) groups excluding carboxylic acids is 2. The van der Waals surface area contributed by atoms with Crippen molar-refractivity contribution in [2.45, 2.75) is 12.5 Å². The lowest BCUT2D eigenvalue weighted by atomic mass is 10.0. The van der Waals surface area contributed by atoms with Crippen LogP contribution in [0.4, 0.5) is 5.69 Å². The van der Waals surface area contributed by atoms with E-state index < -0.39 is 5.91 Å². The third-order valence-electron chi connectivity index (χ3n) is 4.74. The van der Waals surface area contributed by atoms with E-state index in [0.717, 1.165) is 5.75 Å². The molecule has 0 bridgehead atoms. The molecular formula is C19H22N4O5S. The Morgan fingerprint density at radius 1 is 1.41 bits per heavy atom. The number of hydrogen-bond donors (Lipinski definition) is 2. The van der Waals surface area contributed by atoms with Crippen molar-refractivity contribution in [3.63, 3.8) is 0 Å². The van der Waals surface area contributed by atoms with Crippen LogP contribution < -0.4 is 10.5 Å². The van der Waals surface area contributed by atoms with Gasteiger partial charge in [0, 0.05) is 24.6 Å². The van der Waals surface area contributed by atoms with Gasteiger partial charge in [0.2, 0.25) is 0 Å². The molecule has 0 aromatic heterocycles. The van der Waals surface area contributed by atoms with Gasteiger partial charge in [-0.25, -0.2) is 0 Å². The van der Waals surface area contributed by atoms with Crippen LogP contribution in [0.5, 0.6) is 5.75 Å². The number of nitrogens with zero attached hydrogens (tertiary/aromatic N) is 3. The lowest BCUT2D eigenvalue weighted by molar-refractivity contribution is -0.129. The number of rotatable bonds is 7. The molecule has 0 saturated carbocycles. The number of aliphatic imine (C=N–C) groups is 1. The topological polar surface area (TPSA) is 135 Å². The van der Waals surface area contributed by atoms with Crippen molar-refractivity contribution < 1.29 is 19.4 Å². The summed E-state index contributed by atoms with van der Waals surface area (Å²) < 4.78 is 5.80. The highest BCUT2D eigenvalue weighted by Crippen LogP contribution is 2.29. The number of ether oxygens (including phenoxy) is 1. The zero-order chi connectivity index (χ0) is 20.8. The van der Waals surface area contributed by atoms with Crippen LogP contribution in [0.1, 0.15) is 16.8 Å². The number of benzene rings is 1. The number of nitrogens with two attached hydrogens (primary N) is 1. The maximum absolute atomic E-state index is 13.1. The minimum absolute atomic E-state index is 0.0754. The Labute approximate surface area is 172 Å². The SMILES string of the molecule is NC(=O)c1c(N=O)cccc1OC[C@@H]1CSCCN1C(=O)C1=CCCN=C1CO. The molecule has 29 heavy (non-hydrogen) atoms. The number of aliphatic hydroxyl groups is 1. The van der Waals surface area contributed by atoms with E-state index in [4.69, 9.17) is 10.5 Å². The highest BCUT2D eigenvalue weighted by molar-refractivity contribution is 7.99. The number of dihydropyridines is 1. The van der Waals surface area contributed by atoms with Crippen LogP contribution in [0.25, 0.3) is 0 Å². The second kappa shape index (κ2) is 9.66. The zero-order valence-corrected chi connectivity index (χ0v) is 16.6. The van der Waals surface area contributed by atoms with Gasteiger partial charge >= 0.3 is 0 Å². The highest BCUT2D eigenvalue weighted by atomic mass is 32.2. The molecule has 0 radical (unpaired) electrons. The van der Waals surface area contributed by atoms with Gasteiger partial charge in [-0.3, -0.25) is 14.6 Å². The second-order valence-electron chi connectivity index (χ2n) is 6.54. The minimum atomic E-state index is -0.808. The van der Waals surface area contributed by atoms with Crippen molar-refractivity contribution in [3.05, 3.63) is 40.3 Å². The molecule has 2 aliphatic rings. The first-order valence-corrected chi connectivity index (χ1v) is 10.3. The summed E-state index contributed by atoms with van der Waals surface area (Å²) >= 11 is 1.70. The maximum Gasteiger partial charge on any atom is 0.255 e. The van der Waals surface area contributed by atoms with Crippen LogP contribution in [0.3, 0.4) is 0 Å². The molecule has 1 atom stereocenters. The lowest BCUT2D eigenvalue weighted by Gasteiger charge is -2.36. The van der Waals surface area contributed by atoms with Crippen molar-refractivity contribution in [2.24, 2.45) is 15.9 Å². The van der Waals surface area contributed by atoms with Crippen LogP contribution in [-0.2, 0) is 4.79 Å². The Morgan fingerprint density at radius 2 is 2.24 bits per heavy atom. The fourth-order valence-corrected chi connectivity index (χ4v) is 4.36. The van der Waals surface area contributed by atoms with Crippen molar-refractivity contribution in [3.8, 4) is 5.75 Å². The Kier molecular flexibility index (Phi) is 6.99. The van der Waals surface area contributed by atoms with Gasteiger partial charge in [0.25, 0.3) is 11.8 Å². The molecule has 9 nitrogen and oxygen atoms in total. The Balaban J connectivity index is 1.77. The summed E-state index contributed by atoms with van der Waals surface area (Å²) in [5.41, 5.74) is 6.04. The third kappa shape index (κ3) is 4.65. The predicted octanol–water partition coefficient (Wildman–Crippen LogP) is 1.27. The summed E-state index contributed by atoms with van der Waals surface area (Å²) in [6.07, 6.45) is 2.47. The molecule has 3 rings (SSSR count). The van der Waals surface area contributed by atoms with E-state index >= 15 is 0 Å². The highest BCUT2D eigenvalue weighted by Gasteiger charge is 2.32. The Hall–Kier alpha value is -2.72. The summed E-state index contributed by atoms with van der Waals surface area (Å²) in [5.74, 6) is 0.606. The Bertz CT molecular complexity index is 870. The molecule has 3 N–H and O–H groups in total. The first-order chi connectivity index (χ1) is 14.1. The van der Waals surface area contributed by atoms with Gasteiger partial charge < -0.3 is 20.5 Å². The first kappa shape index (κ1) is 21.0. The summed E-state index contributed by atoms with van der Waals surface area (Å²) in [6.45, 7) is 0.938. The molecule has 0 spiro atoms. The predicted molar refractivity (Wildman–Crippen MR) is 111 cm³/mol. The van der Waals surface area contributed by atoms with Crippen molar-refractivity contribution in [1.29, 1.82) is 0 Å². The number of thioether (sulfide) groups is 1. The normalized spacial score (nSPS) is 19.2. The Morgan fingerprint density at radius 3 is 2.97 bits per heavy atom. The van der Waals surface area contributed by atoms with E-state index in [1.165, 1.54) is 12.1 Å². The molecule has 0 unspecified atom stereocenters. The van der Waals surface area contributed by atoms with Gasteiger partial charge in [0.05, 0.1) is 23.9 Å². The molecule has 2 aliphatic heterocycles. The molecule has 2 amide bonds. The summed E-state index contributed by atoms with van der Waals surface area (Å²) in [7, 11) is 0. The largest absolute Gasteiger partial charge is 0.490 e. The molecule has 1 fully saturated rings. The van der Waals surface area contributed by atoms with E-state index in [0.29, 0.717) is 36.5 Å². The lowest BCUT2D eigenvalue weighted by Crippen LogP contribution is -2.50. The van der Waals surface area contributed by atoms with Gasteiger partial charge in [0.1, 0.15) is 23.6 Å². The quantitative estimate of drug-likeness (QED) is 0.640. The average Bonchev–Trinajstić information content (AvgIpc) is 2.76. The number of aliphatic hydroxyl groups excluding tert-OH is 1. The van der Waals surface area contributed by atoms with Gasteiger partial charge in [-0.15, -0.1) is 4.91 Å². The fourth-order valence-electron chi connectivity index (χ4n) is 3.32. The summed E-state index contributed by atoms with van der Waals surface area (Å²) in [5, 5.41) is 12.3. The molecule has 10 heteroatoms. The molecule has 1 aromatic carbocycles. The van der Waals surface area contributed by atoms with E-state index in [1.807, 2.05) is 6.08 Å². The van der Waals surface area contributed by atoms with Crippen LogP contribution in [-0.4, -0.2) is 71.4 Å². The average molecular weight is 418 g/mol. The molecule has 1 saturated heterocycles. The number of hydrogen-bond acceptors (Lipinski definition) is 8. The van der Waals surface area contributed by atoms with Gasteiger partial charge in [-0.1, -0.05) is 12.1 Å². The molecule has 0 aliphatic carbocycles. The van der Waals surface area contributed by atoms with E-state index in [9.17, 15) is 19.6 Å². The van der Waals surface area contributed by atoms with Gasteiger partial charge in [-0.05, 0) is 23.7 Å². The van der Waals surface area contributed by atoms with Crippen LogP contribution in [0.15, 0.2) is 40.0 Å². The van der Waals surface area contributed by atoms with Crippen molar-refractivity contribution in [2.75, 3.05) is 37.8 Å². The van der Waals surface area contributed by atoms with Crippen molar-refractivity contribution >= 4 is 35.0 Å². The minimum Gasteiger partial charge on any atom is -0.490 e. The first-order valence-electron chi connectivity index (χ1n) is 9.19. The van der Waals surface area contributed by atoms with Crippen LogP contribution in [0.2, 0.25) is 0 Å². The van der Waals surface area contributed by atoms with Crippen molar-refractivity contribution in [1.82, 2.24) is 4.90 Å². The molecule has 1 aromatic rings. The number of carbonyl (C=O) groups is 2. The van der Waals surface area contributed by atoms with Crippen LogP contribution >= 0.6 is 11.8 Å². The summed E-state index contributed by atoms with van der Waals surface area (Å²) in [4.78, 5) is 41.7. The van der Waals surface area contributed by atoms with E-state index in [-0.39, 0.29) is 42.2 Å². The molecule has 2 heterocycles.